The number of hydrogen-bond donors (Lipinski definition) is 6. The Morgan fingerprint density at radius 2 is 1.12 bits per heavy atom. The molecule has 0 fully saturated rings. The normalized spacial score (nSPS) is 11.8. The van der Waals surface area contributed by atoms with Gasteiger partial charge in [0.2, 0.25) is 5.75 Å². The molecule has 0 amide bonds. The Kier molecular flexibility index (Phi) is 7.14. The summed E-state index contributed by atoms with van der Waals surface area (Å²) in [6.07, 6.45) is 0. The van der Waals surface area contributed by atoms with Crippen molar-refractivity contribution < 1.29 is 45.6 Å². The van der Waals surface area contributed by atoms with Gasteiger partial charge in [-0.15, -0.1) is 0 Å². The maximum Gasteiger partial charge on any atom is 0.266 e. The van der Waals surface area contributed by atoms with Crippen LogP contribution in [0.15, 0.2) is 0 Å². The van der Waals surface area contributed by atoms with Gasteiger partial charge in [-0.05, 0) is 0 Å². The van der Waals surface area contributed by atoms with E-state index in [9.17, 15) is 27.0 Å². The van der Waals surface area contributed by atoms with Crippen molar-refractivity contribution in [2.75, 3.05) is 49.4 Å². The zero-order valence-corrected chi connectivity index (χ0v) is 15.5. The molecule has 150 valence electrons. The third kappa shape index (κ3) is 5.98. The number of aromatic hydroxyl groups is 2. The molecule has 12 nitrogen and oxygen atoms in total. The average molecular weight is 416 g/mol. The van der Waals surface area contributed by atoms with Gasteiger partial charge in [0.1, 0.15) is 11.4 Å². The predicted octanol–water partition coefficient (Wildman–Crippen LogP) is -0.286. The van der Waals surface area contributed by atoms with E-state index in [-0.39, 0.29) is 36.0 Å². The average Bonchev–Trinajstić information content (AvgIpc) is 2.49. The second-order valence-electron chi connectivity index (χ2n) is 4.94. The number of ether oxygens (including phenoxy) is 2. The van der Waals surface area contributed by atoms with Gasteiger partial charge in [-0.1, -0.05) is 0 Å². The number of rotatable bonds is 10. The first-order valence-corrected chi connectivity index (χ1v) is 10.2. The quantitative estimate of drug-likeness (QED) is 0.166. The van der Waals surface area contributed by atoms with Gasteiger partial charge in [-0.3, -0.25) is 9.11 Å². The van der Waals surface area contributed by atoms with Crippen LogP contribution in [0.5, 0.6) is 23.0 Å². The van der Waals surface area contributed by atoms with Gasteiger partial charge in [0, 0.05) is 13.1 Å². The van der Waals surface area contributed by atoms with E-state index in [1.807, 2.05) is 0 Å². The molecule has 0 atom stereocenters. The van der Waals surface area contributed by atoms with Crippen molar-refractivity contribution in [2.45, 2.75) is 0 Å². The highest BCUT2D eigenvalue weighted by atomic mass is 32.2. The van der Waals surface area contributed by atoms with E-state index >= 15 is 0 Å². The molecule has 1 aromatic rings. The van der Waals surface area contributed by atoms with Crippen molar-refractivity contribution in [3.05, 3.63) is 0 Å². The highest BCUT2D eigenvalue weighted by molar-refractivity contribution is 7.86. The van der Waals surface area contributed by atoms with Gasteiger partial charge < -0.3 is 30.3 Å². The number of phenolic OH excluding ortho intramolecular Hbond substituents is 2. The Morgan fingerprint density at radius 3 is 1.38 bits per heavy atom. The minimum Gasteiger partial charge on any atom is -0.504 e. The molecule has 0 bridgehead atoms. The molecule has 1 rings (SSSR count). The van der Waals surface area contributed by atoms with Crippen molar-refractivity contribution in [3.63, 3.8) is 0 Å². The molecule has 0 saturated heterocycles. The summed E-state index contributed by atoms with van der Waals surface area (Å²) in [7, 11) is -6.20. The molecule has 0 heterocycles. The van der Waals surface area contributed by atoms with Crippen LogP contribution < -0.4 is 20.1 Å². The number of methoxy groups -OCH3 is 2. The minimum absolute atomic E-state index is 0.219. The molecule has 0 aromatic heterocycles. The molecule has 0 aliphatic rings. The van der Waals surface area contributed by atoms with E-state index in [1.165, 1.54) is 14.2 Å². The topological polar surface area (TPSA) is 192 Å². The van der Waals surface area contributed by atoms with Crippen molar-refractivity contribution in [1.29, 1.82) is 0 Å². The molecule has 14 heteroatoms. The predicted molar refractivity (Wildman–Crippen MR) is 92.7 cm³/mol. The van der Waals surface area contributed by atoms with Crippen LogP contribution in [0.1, 0.15) is 0 Å². The summed E-state index contributed by atoms with van der Waals surface area (Å²) in [6.45, 7) is -0.669. The second-order valence-corrected chi connectivity index (χ2v) is 8.08. The van der Waals surface area contributed by atoms with E-state index in [1.54, 1.807) is 0 Å². The van der Waals surface area contributed by atoms with Gasteiger partial charge in [0.25, 0.3) is 20.2 Å². The summed E-state index contributed by atoms with van der Waals surface area (Å²) >= 11 is 0. The van der Waals surface area contributed by atoms with E-state index in [0.717, 1.165) is 0 Å². The Morgan fingerprint density at radius 1 is 0.769 bits per heavy atom. The number of phenols is 2. The molecule has 6 N–H and O–H groups in total. The lowest BCUT2D eigenvalue weighted by molar-refractivity contribution is 0.337. The smallest absolute Gasteiger partial charge is 0.266 e. The molecule has 0 saturated carbocycles. The summed E-state index contributed by atoms with van der Waals surface area (Å²) in [6, 6.07) is 0. The lowest BCUT2D eigenvalue weighted by Gasteiger charge is -2.20. The van der Waals surface area contributed by atoms with E-state index in [2.05, 4.69) is 10.6 Å². The Hall–Kier alpha value is -2.16. The summed E-state index contributed by atoms with van der Waals surface area (Å²) in [5.41, 5.74) is -0.437. The zero-order chi connectivity index (χ0) is 20.1. The first kappa shape index (κ1) is 21.9. The van der Waals surface area contributed by atoms with E-state index in [4.69, 9.17) is 18.6 Å². The molecular formula is C12H20N2O10S2. The van der Waals surface area contributed by atoms with E-state index < -0.39 is 43.2 Å². The Labute approximate surface area is 150 Å². The largest absolute Gasteiger partial charge is 0.504 e. The van der Waals surface area contributed by atoms with Crippen molar-refractivity contribution in [3.8, 4) is 23.0 Å². The van der Waals surface area contributed by atoms with Crippen molar-refractivity contribution >= 4 is 31.6 Å². The highest BCUT2D eigenvalue weighted by Gasteiger charge is 2.26. The van der Waals surface area contributed by atoms with E-state index in [0.29, 0.717) is 0 Å². The second kappa shape index (κ2) is 8.48. The summed E-state index contributed by atoms with van der Waals surface area (Å²) in [5.74, 6) is -3.04. The number of benzene rings is 1. The molecular weight excluding hydrogens is 396 g/mol. The molecule has 0 radical (unpaired) electrons. The van der Waals surface area contributed by atoms with Crippen LogP contribution in [0, 0.1) is 0 Å². The number of nitrogens with one attached hydrogen (secondary N) is 2. The summed E-state index contributed by atoms with van der Waals surface area (Å²) in [5, 5.41) is 25.6. The van der Waals surface area contributed by atoms with Crippen LogP contribution in [-0.4, -0.2) is 75.0 Å². The first-order valence-electron chi connectivity index (χ1n) is 6.99. The lowest BCUT2D eigenvalue weighted by atomic mass is 10.1. The molecule has 0 unspecified atom stereocenters. The van der Waals surface area contributed by atoms with Gasteiger partial charge in [-0.2, -0.15) is 16.8 Å². The van der Waals surface area contributed by atoms with Crippen molar-refractivity contribution in [1.82, 2.24) is 0 Å². The molecule has 0 aliphatic carbocycles. The Balaban J connectivity index is 3.26. The van der Waals surface area contributed by atoms with Crippen LogP contribution >= 0.6 is 0 Å². The van der Waals surface area contributed by atoms with Crippen LogP contribution in [0.25, 0.3) is 0 Å². The highest BCUT2D eigenvalue weighted by Crippen LogP contribution is 2.53. The third-order valence-electron chi connectivity index (χ3n) is 3.09. The lowest BCUT2D eigenvalue weighted by Crippen LogP contribution is -2.17. The van der Waals surface area contributed by atoms with Crippen LogP contribution in [0.2, 0.25) is 0 Å². The fourth-order valence-corrected chi connectivity index (χ4v) is 2.74. The number of anilines is 2. The van der Waals surface area contributed by atoms with Gasteiger partial charge in [0.15, 0.2) is 17.2 Å². The first-order chi connectivity index (χ1) is 11.9. The maximum atomic E-state index is 10.8. The molecule has 1 aromatic carbocycles. The monoisotopic (exact) mass is 416 g/mol. The standard InChI is InChI=1S/C12H20N2O10S2/c1-23-11-7(13-3-5-25(17,18)19)9(15)8(12(24-2)10(11)16)14-4-6-26(20,21)22/h13-16H,3-6H2,1-2H3,(H,17,18,19)(H,20,21,22). The summed E-state index contributed by atoms with van der Waals surface area (Å²) < 4.78 is 70.6. The van der Waals surface area contributed by atoms with Crippen LogP contribution in [0.4, 0.5) is 11.4 Å². The molecule has 26 heavy (non-hydrogen) atoms. The van der Waals surface area contributed by atoms with Crippen LogP contribution in [-0.2, 0) is 20.2 Å². The van der Waals surface area contributed by atoms with Crippen LogP contribution in [0.3, 0.4) is 0 Å². The van der Waals surface area contributed by atoms with Gasteiger partial charge >= 0.3 is 0 Å². The zero-order valence-electron chi connectivity index (χ0n) is 13.9. The van der Waals surface area contributed by atoms with Crippen molar-refractivity contribution in [2.24, 2.45) is 0 Å². The summed E-state index contributed by atoms with van der Waals surface area (Å²) in [4.78, 5) is 0. The minimum atomic E-state index is -4.27. The fraction of sp³-hybridized carbons (Fsp3) is 0.500. The maximum absolute atomic E-state index is 10.8. The molecule has 0 spiro atoms. The van der Waals surface area contributed by atoms with Gasteiger partial charge in [0.05, 0.1) is 25.7 Å². The SMILES string of the molecule is COc1c(O)c(OC)c(NCCS(=O)(=O)O)c(O)c1NCCS(=O)(=O)O. The number of hydrogen-bond acceptors (Lipinski definition) is 10. The van der Waals surface area contributed by atoms with Gasteiger partial charge in [-0.25, -0.2) is 0 Å². The third-order valence-corrected chi connectivity index (χ3v) is 4.53. The fourth-order valence-electron chi connectivity index (χ4n) is 2.02. The Bertz CT molecular complexity index is 784. The molecule has 0 aliphatic heterocycles.